The van der Waals surface area contributed by atoms with Crippen molar-refractivity contribution >= 4 is 35.4 Å². The van der Waals surface area contributed by atoms with Gasteiger partial charge in [0.15, 0.2) is 11.6 Å². The molecular weight excluding hydrogens is 474 g/mol. The van der Waals surface area contributed by atoms with Gasteiger partial charge >= 0.3 is 0 Å². The van der Waals surface area contributed by atoms with E-state index < -0.39 is 46.6 Å². The van der Waals surface area contributed by atoms with E-state index in [0.717, 1.165) is 22.4 Å². The molecule has 3 atom stereocenters. The van der Waals surface area contributed by atoms with Crippen LogP contribution >= 0.6 is 0 Å². The summed E-state index contributed by atoms with van der Waals surface area (Å²) in [4.78, 5) is 37.7. The van der Waals surface area contributed by atoms with E-state index >= 15 is 0 Å². The number of carbonyl (C=O) groups is 3. The average Bonchev–Trinajstić information content (AvgIpc) is 2.83. The summed E-state index contributed by atoms with van der Waals surface area (Å²) in [5.74, 6) is -4.65. The number of phenolic OH excluding ortho intramolecular Hbond substituents is 1. The van der Waals surface area contributed by atoms with E-state index in [1.165, 1.54) is 6.07 Å². The van der Waals surface area contributed by atoms with Crippen molar-refractivity contribution in [3.63, 3.8) is 0 Å². The first-order chi connectivity index (χ1) is 17.6. The van der Waals surface area contributed by atoms with E-state index in [9.17, 15) is 29.7 Å². The number of aryl methyl sites for hydroxylation is 1. The molecule has 1 saturated carbocycles. The summed E-state index contributed by atoms with van der Waals surface area (Å²) in [6, 6.07) is 9.03. The number of aliphatic hydroxyl groups is 2. The van der Waals surface area contributed by atoms with Gasteiger partial charge in [-0.3, -0.25) is 14.4 Å². The highest BCUT2D eigenvalue weighted by Crippen LogP contribution is 2.50. The molecule has 37 heavy (non-hydrogen) atoms. The molecule has 3 unspecified atom stereocenters. The number of hydrogen-bond acceptors (Lipinski definition) is 7. The summed E-state index contributed by atoms with van der Waals surface area (Å²) in [7, 11) is 1.61. The van der Waals surface area contributed by atoms with Gasteiger partial charge in [0, 0.05) is 12.0 Å². The zero-order chi connectivity index (χ0) is 26.6. The van der Waals surface area contributed by atoms with E-state index in [1.54, 1.807) is 13.2 Å². The Morgan fingerprint density at radius 1 is 1.08 bits per heavy atom. The first-order valence-electron chi connectivity index (χ1n) is 12.0. The van der Waals surface area contributed by atoms with Crippen LogP contribution in [0.4, 0.5) is 0 Å². The Morgan fingerprint density at radius 2 is 1.84 bits per heavy atom. The zero-order valence-corrected chi connectivity index (χ0v) is 20.4. The number of ether oxygens (including phenoxy) is 1. The van der Waals surface area contributed by atoms with Crippen molar-refractivity contribution in [2.24, 2.45) is 23.5 Å². The van der Waals surface area contributed by atoms with Crippen LogP contribution in [0.3, 0.4) is 0 Å². The topological polar surface area (TPSA) is 147 Å². The van der Waals surface area contributed by atoms with Crippen molar-refractivity contribution in [3.05, 3.63) is 75.1 Å². The number of benzene rings is 2. The van der Waals surface area contributed by atoms with E-state index in [1.807, 2.05) is 37.3 Å². The van der Waals surface area contributed by atoms with Crippen LogP contribution in [0.15, 0.2) is 47.2 Å². The molecule has 0 radical (unpaired) electrons. The van der Waals surface area contributed by atoms with Gasteiger partial charge in [-0.2, -0.15) is 0 Å². The van der Waals surface area contributed by atoms with Crippen LogP contribution in [0, 0.1) is 24.7 Å². The lowest BCUT2D eigenvalue weighted by atomic mass is 9.61. The Balaban J connectivity index is 1.57. The highest BCUT2D eigenvalue weighted by Gasteiger charge is 2.50. The van der Waals surface area contributed by atoms with Crippen LogP contribution < -0.4 is 10.5 Å². The largest absolute Gasteiger partial charge is 0.511 e. The molecule has 0 spiro atoms. The van der Waals surface area contributed by atoms with Crippen LogP contribution in [-0.2, 0) is 20.8 Å². The standard InChI is InChI=1S/C29H27NO7/c1-13-3-4-14(9-21(13)37-2)5-6-15-7-8-19(31)24-18(15)11-16-10-17-12-20(32)25(29(30)36)28(35)23(17)26(33)22(16)27(24)34/h3-9,16-17,23,31,34-35H,10-12H2,1-2H3,(H2,30,36)/b6-5+. The monoisotopic (exact) mass is 501 g/mol. The quantitative estimate of drug-likeness (QED) is 0.368. The number of aromatic hydroxyl groups is 1. The van der Waals surface area contributed by atoms with Crippen LogP contribution in [0.5, 0.6) is 11.5 Å². The van der Waals surface area contributed by atoms with Crippen molar-refractivity contribution in [2.75, 3.05) is 7.11 Å². The molecule has 2 aromatic rings. The molecule has 8 heteroatoms. The van der Waals surface area contributed by atoms with Crippen LogP contribution in [0.2, 0.25) is 0 Å². The van der Waals surface area contributed by atoms with Crippen molar-refractivity contribution in [1.82, 2.24) is 0 Å². The lowest BCUT2D eigenvalue weighted by molar-refractivity contribution is -0.127. The fraction of sp³-hybridized carbons (Fsp3) is 0.276. The van der Waals surface area contributed by atoms with Crippen molar-refractivity contribution in [3.8, 4) is 11.5 Å². The SMILES string of the molecule is COc1cc(/C=C/c2ccc(O)c3c2CC2CC4CC(=O)C(C(N)=O)=C(O)C4C(=O)C2=C3O)ccc1C. The van der Waals surface area contributed by atoms with Crippen molar-refractivity contribution in [2.45, 2.75) is 26.2 Å². The van der Waals surface area contributed by atoms with Gasteiger partial charge in [-0.05, 0) is 66.0 Å². The molecule has 2 aromatic carbocycles. The number of methoxy groups -OCH3 is 1. The van der Waals surface area contributed by atoms with Gasteiger partial charge in [-0.25, -0.2) is 0 Å². The molecule has 0 aliphatic heterocycles. The molecule has 5 rings (SSSR count). The smallest absolute Gasteiger partial charge is 0.255 e. The maximum atomic E-state index is 13.5. The van der Waals surface area contributed by atoms with Gasteiger partial charge in [0.25, 0.3) is 5.91 Å². The number of amides is 1. The molecule has 0 saturated heterocycles. The first-order valence-corrected chi connectivity index (χ1v) is 12.0. The summed E-state index contributed by atoms with van der Waals surface area (Å²) in [5.41, 5.74) is 8.36. The summed E-state index contributed by atoms with van der Waals surface area (Å²) in [6.45, 7) is 1.95. The number of ketones is 2. The Bertz CT molecular complexity index is 1460. The van der Waals surface area contributed by atoms with E-state index in [4.69, 9.17) is 10.5 Å². The number of fused-ring (bicyclic) bond motifs is 3. The van der Waals surface area contributed by atoms with E-state index in [-0.39, 0.29) is 29.1 Å². The van der Waals surface area contributed by atoms with Gasteiger partial charge in [0.1, 0.15) is 28.6 Å². The number of allylic oxidation sites excluding steroid dienone is 2. The highest BCUT2D eigenvalue weighted by atomic mass is 16.5. The number of carbonyl (C=O) groups excluding carboxylic acids is 3. The van der Waals surface area contributed by atoms with Gasteiger partial charge in [-0.15, -0.1) is 0 Å². The third-order valence-electron chi connectivity index (χ3n) is 7.70. The van der Waals surface area contributed by atoms with Gasteiger partial charge in [0.05, 0.1) is 18.6 Å². The summed E-state index contributed by atoms with van der Waals surface area (Å²) in [6.07, 6.45) is 4.41. The molecular formula is C29H27NO7. The summed E-state index contributed by atoms with van der Waals surface area (Å²) < 4.78 is 5.40. The van der Waals surface area contributed by atoms with Gasteiger partial charge < -0.3 is 25.8 Å². The fourth-order valence-electron chi connectivity index (χ4n) is 5.95. The minimum Gasteiger partial charge on any atom is -0.511 e. The molecule has 5 N–H and O–H groups in total. The predicted octanol–water partition coefficient (Wildman–Crippen LogP) is 3.80. The minimum atomic E-state index is -1.13. The Hall–Kier alpha value is -4.33. The molecule has 0 bridgehead atoms. The van der Waals surface area contributed by atoms with E-state index in [0.29, 0.717) is 18.4 Å². The Labute approximate surface area is 213 Å². The molecule has 190 valence electrons. The minimum absolute atomic E-state index is 0.0851. The third-order valence-corrected chi connectivity index (χ3v) is 7.70. The molecule has 1 fully saturated rings. The fourth-order valence-corrected chi connectivity index (χ4v) is 5.95. The number of aliphatic hydroxyl groups excluding tert-OH is 2. The molecule has 3 aliphatic rings. The third kappa shape index (κ3) is 3.89. The van der Waals surface area contributed by atoms with Crippen molar-refractivity contribution in [1.29, 1.82) is 0 Å². The average molecular weight is 502 g/mol. The second-order valence-electron chi connectivity index (χ2n) is 9.84. The lowest BCUT2D eigenvalue weighted by Crippen LogP contribution is -2.44. The zero-order valence-electron chi connectivity index (χ0n) is 20.4. The molecule has 3 aliphatic carbocycles. The number of hydrogen-bond donors (Lipinski definition) is 4. The highest BCUT2D eigenvalue weighted by molar-refractivity contribution is 6.21. The normalized spacial score (nSPS) is 23.1. The number of primary amides is 1. The second-order valence-corrected chi connectivity index (χ2v) is 9.84. The summed E-state index contributed by atoms with van der Waals surface area (Å²) >= 11 is 0. The molecule has 0 heterocycles. The summed E-state index contributed by atoms with van der Waals surface area (Å²) in [5, 5.41) is 32.5. The maximum Gasteiger partial charge on any atom is 0.255 e. The molecule has 1 amide bonds. The second kappa shape index (κ2) is 8.96. The van der Waals surface area contributed by atoms with Crippen LogP contribution in [0.25, 0.3) is 17.9 Å². The Morgan fingerprint density at radius 3 is 2.54 bits per heavy atom. The van der Waals surface area contributed by atoms with Crippen LogP contribution in [0.1, 0.15) is 40.7 Å². The Kier molecular flexibility index (Phi) is 5.90. The molecule has 0 aromatic heterocycles. The lowest BCUT2D eigenvalue weighted by Gasteiger charge is -2.41. The van der Waals surface area contributed by atoms with Crippen LogP contribution in [-0.4, -0.2) is 39.9 Å². The number of Topliss-reactive ketones (excluding diaryl/α,β-unsaturated/α-hetero) is 2. The van der Waals surface area contributed by atoms with Gasteiger partial charge in [0.2, 0.25) is 0 Å². The predicted molar refractivity (Wildman–Crippen MR) is 137 cm³/mol. The molecule has 8 nitrogen and oxygen atoms in total. The van der Waals surface area contributed by atoms with Crippen molar-refractivity contribution < 1.29 is 34.4 Å². The number of rotatable bonds is 4. The first kappa shape index (κ1) is 24.4. The van der Waals surface area contributed by atoms with Gasteiger partial charge in [-0.1, -0.05) is 30.4 Å². The maximum absolute atomic E-state index is 13.5. The number of nitrogens with two attached hydrogens (primary N) is 1. The number of phenols is 1. The van der Waals surface area contributed by atoms with E-state index in [2.05, 4.69) is 0 Å².